The van der Waals surface area contributed by atoms with Gasteiger partial charge < -0.3 is 49.1 Å². The molecule has 0 aromatic heterocycles. The molecule has 0 aromatic carbocycles. The van der Waals surface area contributed by atoms with Crippen molar-refractivity contribution < 1.29 is 33.6 Å². The molecule has 206 valence electrons. The molecule has 0 unspecified atom stereocenters. The average Bonchev–Trinajstić information content (AvgIpc) is 2.83. The molecule has 0 radical (unpaired) electrons. The van der Waals surface area contributed by atoms with Gasteiger partial charge in [-0.05, 0) is 12.8 Å². The Hall–Kier alpha value is -4.09. The number of rotatable bonds is 7. The molecule has 0 aromatic rings. The van der Waals surface area contributed by atoms with E-state index in [1.54, 1.807) is 0 Å². The second-order valence-corrected chi connectivity index (χ2v) is 8.18. The summed E-state index contributed by atoms with van der Waals surface area (Å²) in [5.74, 6) is -5.96. The first kappa shape index (κ1) is 30.9. The van der Waals surface area contributed by atoms with Crippen LogP contribution in [0.3, 0.4) is 0 Å². The Kier molecular flexibility index (Phi) is 13.2. The number of amides is 7. The van der Waals surface area contributed by atoms with Crippen molar-refractivity contribution in [3.8, 4) is 0 Å². The summed E-state index contributed by atoms with van der Waals surface area (Å²) in [6, 6.07) is -3.81. The monoisotopic (exact) mass is 544 g/mol. The highest BCUT2D eigenvalue weighted by Gasteiger charge is 2.28. The van der Waals surface area contributed by atoms with Gasteiger partial charge in [-0.2, -0.15) is 12.6 Å². The summed E-state index contributed by atoms with van der Waals surface area (Å²) in [4.78, 5) is 89.5. The van der Waals surface area contributed by atoms with E-state index in [1.807, 2.05) is 0 Å². The Bertz CT molecular complexity index is 925. The summed E-state index contributed by atoms with van der Waals surface area (Å²) in [6.45, 7) is -1.49. The third-order valence-corrected chi connectivity index (χ3v) is 5.13. The van der Waals surface area contributed by atoms with Gasteiger partial charge in [-0.25, -0.2) is 0 Å². The fourth-order valence-corrected chi connectivity index (χ4v) is 3.22. The highest BCUT2D eigenvalue weighted by molar-refractivity contribution is 7.80. The normalized spacial score (nSPS) is 22.6. The van der Waals surface area contributed by atoms with Crippen LogP contribution < -0.4 is 49.1 Å². The average molecular weight is 545 g/mol. The van der Waals surface area contributed by atoms with E-state index in [-0.39, 0.29) is 31.1 Å². The number of primary amides is 1. The van der Waals surface area contributed by atoms with Gasteiger partial charge in [0, 0.05) is 12.3 Å². The van der Waals surface area contributed by atoms with E-state index < -0.39 is 85.5 Å². The summed E-state index contributed by atoms with van der Waals surface area (Å²) in [6.07, 6.45) is -0.232. The Morgan fingerprint density at radius 2 is 1.30 bits per heavy atom. The van der Waals surface area contributed by atoms with Crippen LogP contribution in [0.25, 0.3) is 0 Å². The molecule has 0 aliphatic carbocycles. The molecule has 18 heteroatoms. The molecule has 1 fully saturated rings. The van der Waals surface area contributed by atoms with Gasteiger partial charge in [0.15, 0.2) is 5.96 Å². The van der Waals surface area contributed by atoms with E-state index in [2.05, 4.69) is 49.5 Å². The van der Waals surface area contributed by atoms with E-state index in [0.29, 0.717) is 0 Å². The van der Waals surface area contributed by atoms with Gasteiger partial charge >= 0.3 is 0 Å². The molecule has 7 amide bonds. The second-order valence-electron chi connectivity index (χ2n) is 7.82. The van der Waals surface area contributed by atoms with Crippen LogP contribution in [0.4, 0.5) is 0 Å². The van der Waals surface area contributed by atoms with Crippen molar-refractivity contribution in [1.82, 2.24) is 31.9 Å². The summed E-state index contributed by atoms with van der Waals surface area (Å²) in [5, 5.41) is 13.9. The number of carbonyl (C=O) groups excluding carboxylic acids is 7. The zero-order valence-electron chi connectivity index (χ0n) is 19.9. The lowest BCUT2D eigenvalue weighted by Gasteiger charge is -2.22. The fourth-order valence-electron chi connectivity index (χ4n) is 2.96. The van der Waals surface area contributed by atoms with Crippen molar-refractivity contribution in [1.29, 1.82) is 0 Å². The zero-order chi connectivity index (χ0) is 28.0. The molecule has 0 spiro atoms. The van der Waals surface area contributed by atoms with Crippen LogP contribution in [0, 0.1) is 0 Å². The SMILES string of the molecule is NC(=O)C[C@@H]1NC(=O)[C@H](CS)NC(=O)CNC(=O)CNC(=O)[C@H](CCCN=C(N)N)NC(=O)CNC1=O. The minimum Gasteiger partial charge on any atom is -0.370 e. The molecule has 0 saturated carbocycles. The minimum atomic E-state index is -1.46. The van der Waals surface area contributed by atoms with Gasteiger partial charge in [-0.15, -0.1) is 0 Å². The molecule has 3 atom stereocenters. The summed E-state index contributed by atoms with van der Waals surface area (Å²) in [7, 11) is 0. The number of nitrogens with two attached hydrogens (primary N) is 3. The zero-order valence-corrected chi connectivity index (χ0v) is 20.8. The van der Waals surface area contributed by atoms with Crippen LogP contribution in [0.5, 0.6) is 0 Å². The maximum absolute atomic E-state index is 12.6. The van der Waals surface area contributed by atoms with E-state index in [0.717, 1.165) is 0 Å². The molecule has 37 heavy (non-hydrogen) atoms. The number of aliphatic imine (C=N–C) groups is 1. The van der Waals surface area contributed by atoms with Crippen LogP contribution in [-0.4, -0.2) is 97.4 Å². The number of nitrogens with one attached hydrogen (secondary N) is 6. The van der Waals surface area contributed by atoms with Crippen molar-refractivity contribution in [3.05, 3.63) is 0 Å². The van der Waals surface area contributed by atoms with Gasteiger partial charge in [0.25, 0.3) is 0 Å². The van der Waals surface area contributed by atoms with Crippen LogP contribution >= 0.6 is 12.6 Å². The van der Waals surface area contributed by atoms with Gasteiger partial charge in [-0.1, -0.05) is 0 Å². The number of guanidine groups is 1. The molecule has 1 aliphatic heterocycles. The van der Waals surface area contributed by atoms with Crippen molar-refractivity contribution in [2.45, 2.75) is 37.4 Å². The fraction of sp³-hybridized carbons (Fsp3) is 0.579. The highest BCUT2D eigenvalue weighted by atomic mass is 32.1. The van der Waals surface area contributed by atoms with Crippen LogP contribution in [-0.2, 0) is 33.6 Å². The van der Waals surface area contributed by atoms with Crippen molar-refractivity contribution in [2.24, 2.45) is 22.2 Å². The first-order valence-electron chi connectivity index (χ1n) is 11.1. The molecule has 0 bridgehead atoms. The lowest BCUT2D eigenvalue weighted by Crippen LogP contribution is -2.57. The molecular formula is C19H32N10O7S. The maximum Gasteiger partial charge on any atom is 0.244 e. The quantitative estimate of drug-likeness (QED) is 0.0630. The number of nitrogens with zero attached hydrogens (tertiary/aromatic N) is 1. The smallest absolute Gasteiger partial charge is 0.244 e. The molecule has 1 rings (SSSR count). The first-order valence-corrected chi connectivity index (χ1v) is 11.7. The lowest BCUT2D eigenvalue weighted by atomic mass is 10.1. The third kappa shape index (κ3) is 12.4. The topological polar surface area (TPSA) is 282 Å². The van der Waals surface area contributed by atoms with Crippen molar-refractivity contribution in [2.75, 3.05) is 31.9 Å². The maximum atomic E-state index is 12.6. The molecule has 1 saturated heterocycles. The molecule has 1 aliphatic rings. The highest BCUT2D eigenvalue weighted by Crippen LogP contribution is 2.00. The van der Waals surface area contributed by atoms with Crippen LogP contribution in [0.15, 0.2) is 4.99 Å². The van der Waals surface area contributed by atoms with Gasteiger partial charge in [0.1, 0.15) is 18.1 Å². The third-order valence-electron chi connectivity index (χ3n) is 4.76. The minimum absolute atomic E-state index is 0.0811. The second kappa shape index (κ2) is 15.8. The first-order chi connectivity index (χ1) is 17.4. The van der Waals surface area contributed by atoms with Crippen LogP contribution in [0.2, 0.25) is 0 Å². The standard InChI is InChI=1S/C19H32N10O7S/c20-12(30)4-10-17(35)26-7-15(33)27-9(2-1-3-23-19(21)22)16(34)25-5-13(31)24-6-14(32)28-11(8-37)18(36)29-10/h9-11,37H,1-8H2,(H2,20,30)(H,24,31)(H,25,34)(H,26,35)(H,27,33)(H,28,32)(H,29,36)(H4,21,22,23)/t9-,10-,11-/m0/s1. The number of carbonyl (C=O) groups is 7. The molecule has 17 nitrogen and oxygen atoms in total. The Morgan fingerprint density at radius 1 is 0.757 bits per heavy atom. The largest absolute Gasteiger partial charge is 0.370 e. The van der Waals surface area contributed by atoms with Crippen molar-refractivity contribution >= 4 is 59.9 Å². The summed E-state index contributed by atoms with van der Waals surface area (Å²) in [5.41, 5.74) is 15.7. The van der Waals surface area contributed by atoms with E-state index in [1.165, 1.54) is 0 Å². The summed E-state index contributed by atoms with van der Waals surface area (Å²) < 4.78 is 0. The predicted octanol–water partition coefficient (Wildman–Crippen LogP) is -6.34. The van der Waals surface area contributed by atoms with Crippen LogP contribution in [0.1, 0.15) is 19.3 Å². The summed E-state index contributed by atoms with van der Waals surface area (Å²) >= 11 is 3.99. The molecule has 1 heterocycles. The number of thiol groups is 1. The Labute approximate surface area is 217 Å². The Balaban J connectivity index is 3.07. The van der Waals surface area contributed by atoms with Gasteiger partial charge in [-0.3, -0.25) is 38.6 Å². The van der Waals surface area contributed by atoms with Gasteiger partial charge in [0.2, 0.25) is 41.4 Å². The van der Waals surface area contributed by atoms with Crippen molar-refractivity contribution in [3.63, 3.8) is 0 Å². The Morgan fingerprint density at radius 3 is 1.86 bits per heavy atom. The van der Waals surface area contributed by atoms with E-state index >= 15 is 0 Å². The molecule has 12 N–H and O–H groups in total. The predicted molar refractivity (Wildman–Crippen MR) is 132 cm³/mol. The number of hydrogen-bond donors (Lipinski definition) is 10. The number of hydrogen-bond acceptors (Lipinski definition) is 9. The van der Waals surface area contributed by atoms with E-state index in [9.17, 15) is 33.6 Å². The lowest BCUT2D eigenvalue weighted by molar-refractivity contribution is -0.134. The van der Waals surface area contributed by atoms with E-state index in [4.69, 9.17) is 17.2 Å². The molecular weight excluding hydrogens is 512 g/mol. The van der Waals surface area contributed by atoms with Gasteiger partial charge in [0.05, 0.1) is 26.1 Å².